The lowest BCUT2D eigenvalue weighted by molar-refractivity contribution is -0.141. The molecule has 6 rings (SSSR count). The fraction of sp³-hybridized carbons (Fsp3) is 0.462. The standard InChI is InChI=1S/C26H25ClF2N4O3S/c1-26(2)10-30-8-13(36-26)5-15-16(3-12(27)4-17(15)23(28)29)21-22-20(31-11-32-21)6-14(37-22)9-33-24(34)18-7-19(18)25(33)35/h3-4,6,11,13,18-19,23,30H,5,7-10H2,1-2H3. The number of halogens is 3. The first-order chi connectivity index (χ1) is 17.6. The van der Waals surface area contributed by atoms with Gasteiger partial charge in [0.1, 0.15) is 6.33 Å². The Labute approximate surface area is 221 Å². The number of aromatic nitrogens is 2. The Morgan fingerprint density at radius 1 is 1.22 bits per heavy atom. The van der Waals surface area contributed by atoms with E-state index in [-0.39, 0.29) is 53.3 Å². The van der Waals surface area contributed by atoms with Crippen LogP contribution >= 0.6 is 22.9 Å². The molecule has 1 saturated carbocycles. The van der Waals surface area contributed by atoms with E-state index in [0.29, 0.717) is 46.5 Å². The highest BCUT2D eigenvalue weighted by Gasteiger charge is 2.58. The molecule has 1 aromatic carbocycles. The first kappa shape index (κ1) is 24.8. The average molecular weight is 547 g/mol. The van der Waals surface area contributed by atoms with E-state index in [9.17, 15) is 18.4 Å². The fourth-order valence-electron chi connectivity index (χ4n) is 5.44. The quantitative estimate of drug-likeness (QED) is 0.449. The third-order valence-electron chi connectivity index (χ3n) is 7.21. The van der Waals surface area contributed by atoms with Gasteiger partial charge >= 0.3 is 0 Å². The number of ether oxygens (including phenoxy) is 1. The van der Waals surface area contributed by atoms with Crippen LogP contribution in [0.5, 0.6) is 0 Å². The third kappa shape index (κ3) is 4.54. The molecule has 194 valence electrons. The van der Waals surface area contributed by atoms with Crippen molar-refractivity contribution in [1.82, 2.24) is 20.2 Å². The number of carbonyl (C=O) groups is 2. The van der Waals surface area contributed by atoms with Crippen molar-refractivity contribution in [2.24, 2.45) is 11.8 Å². The number of rotatable bonds is 6. The number of alkyl halides is 2. The maximum absolute atomic E-state index is 14.2. The Kier molecular flexibility index (Phi) is 6.06. The molecule has 3 unspecified atom stereocenters. The maximum Gasteiger partial charge on any atom is 0.264 e. The molecular weight excluding hydrogens is 522 g/mol. The second-order valence-electron chi connectivity index (χ2n) is 10.5. The van der Waals surface area contributed by atoms with Crippen LogP contribution in [0.1, 0.15) is 42.7 Å². The van der Waals surface area contributed by atoms with E-state index >= 15 is 0 Å². The highest BCUT2D eigenvalue weighted by atomic mass is 35.5. The molecule has 2 amide bonds. The van der Waals surface area contributed by atoms with Gasteiger partial charge in [-0.2, -0.15) is 0 Å². The lowest BCUT2D eigenvalue weighted by Gasteiger charge is -2.37. The van der Waals surface area contributed by atoms with Gasteiger partial charge in [0.05, 0.1) is 46.0 Å². The number of imide groups is 1. The summed E-state index contributed by atoms with van der Waals surface area (Å²) >= 11 is 7.68. The fourth-order valence-corrected chi connectivity index (χ4v) is 6.77. The number of piperidine rings is 1. The number of morpholine rings is 1. The number of likely N-dealkylation sites (tertiary alicyclic amines) is 1. The van der Waals surface area contributed by atoms with Gasteiger partial charge in [-0.3, -0.25) is 14.5 Å². The minimum absolute atomic E-state index is 0.124. The van der Waals surface area contributed by atoms with Crippen molar-refractivity contribution in [2.45, 2.75) is 51.4 Å². The zero-order valence-electron chi connectivity index (χ0n) is 20.3. The van der Waals surface area contributed by atoms with Crippen LogP contribution in [0.25, 0.3) is 21.5 Å². The van der Waals surface area contributed by atoms with E-state index in [2.05, 4.69) is 15.3 Å². The summed E-state index contributed by atoms with van der Waals surface area (Å²) in [5.41, 5.74) is 1.48. The molecule has 1 N–H and O–H groups in total. The second-order valence-corrected chi connectivity index (χ2v) is 12.1. The number of thiophene rings is 1. The Morgan fingerprint density at radius 2 is 1.97 bits per heavy atom. The molecule has 3 aliphatic rings. The molecule has 11 heteroatoms. The smallest absolute Gasteiger partial charge is 0.264 e. The molecule has 2 aromatic heterocycles. The van der Waals surface area contributed by atoms with Gasteiger partial charge in [-0.15, -0.1) is 11.3 Å². The largest absolute Gasteiger partial charge is 0.369 e. The molecule has 2 aliphatic heterocycles. The Morgan fingerprint density at radius 3 is 2.68 bits per heavy atom. The van der Waals surface area contributed by atoms with Gasteiger partial charge in [-0.05, 0) is 44.0 Å². The molecular formula is C26H25ClF2N4O3S. The first-order valence-electron chi connectivity index (χ1n) is 12.2. The molecule has 4 heterocycles. The van der Waals surface area contributed by atoms with Crippen LogP contribution in [0.15, 0.2) is 24.5 Å². The van der Waals surface area contributed by atoms with Gasteiger partial charge in [0.2, 0.25) is 11.8 Å². The molecule has 1 aliphatic carbocycles. The summed E-state index contributed by atoms with van der Waals surface area (Å²) < 4.78 is 35.4. The number of amides is 2. The van der Waals surface area contributed by atoms with Crippen molar-refractivity contribution in [2.75, 3.05) is 13.1 Å². The normalized spacial score (nSPS) is 24.8. The van der Waals surface area contributed by atoms with Gasteiger partial charge in [0, 0.05) is 40.5 Å². The van der Waals surface area contributed by atoms with Gasteiger partial charge in [-0.1, -0.05) is 11.6 Å². The molecule has 3 atom stereocenters. The zero-order chi connectivity index (χ0) is 26.1. The van der Waals surface area contributed by atoms with E-state index in [0.717, 1.165) is 4.88 Å². The minimum Gasteiger partial charge on any atom is -0.369 e. The number of nitrogens with one attached hydrogen (secondary N) is 1. The van der Waals surface area contributed by atoms with Crippen LogP contribution in [0.4, 0.5) is 8.78 Å². The number of hydrogen-bond donors (Lipinski definition) is 1. The highest BCUT2D eigenvalue weighted by molar-refractivity contribution is 7.19. The molecule has 3 aromatic rings. The topological polar surface area (TPSA) is 84.4 Å². The van der Waals surface area contributed by atoms with Crippen molar-refractivity contribution >= 4 is 45.0 Å². The van der Waals surface area contributed by atoms with Gasteiger partial charge in [0.25, 0.3) is 6.43 Å². The number of benzene rings is 1. The summed E-state index contributed by atoms with van der Waals surface area (Å²) in [6, 6.07) is 4.79. The number of hydrogen-bond acceptors (Lipinski definition) is 7. The molecule has 0 bridgehead atoms. The van der Waals surface area contributed by atoms with E-state index in [1.807, 2.05) is 19.9 Å². The zero-order valence-corrected chi connectivity index (χ0v) is 21.8. The average Bonchev–Trinajstić information content (AvgIpc) is 3.47. The first-order valence-corrected chi connectivity index (χ1v) is 13.4. The number of fused-ring (bicyclic) bond motifs is 2. The monoisotopic (exact) mass is 546 g/mol. The predicted molar refractivity (Wildman–Crippen MR) is 135 cm³/mol. The molecule has 0 radical (unpaired) electrons. The van der Waals surface area contributed by atoms with Crippen LogP contribution in [0, 0.1) is 11.8 Å². The van der Waals surface area contributed by atoms with Gasteiger partial charge < -0.3 is 10.1 Å². The van der Waals surface area contributed by atoms with Crippen molar-refractivity contribution in [1.29, 1.82) is 0 Å². The molecule has 37 heavy (non-hydrogen) atoms. The Hall–Kier alpha value is -2.53. The van der Waals surface area contributed by atoms with Gasteiger partial charge in [0.15, 0.2) is 0 Å². The molecule has 3 fully saturated rings. The molecule has 0 spiro atoms. The SMILES string of the molecule is CC1(C)CNCC(Cc2c(-c3ncnc4cc(CN5C(=O)C6CC6C5=O)sc34)cc(Cl)cc2C(F)F)O1. The summed E-state index contributed by atoms with van der Waals surface area (Å²) in [5.74, 6) is -0.580. The maximum atomic E-state index is 14.2. The summed E-state index contributed by atoms with van der Waals surface area (Å²) in [6.07, 6.45) is -0.740. The summed E-state index contributed by atoms with van der Waals surface area (Å²) in [5, 5.41) is 3.51. The minimum atomic E-state index is -2.73. The lowest BCUT2D eigenvalue weighted by Crippen LogP contribution is -2.51. The van der Waals surface area contributed by atoms with Crippen molar-refractivity contribution in [3.63, 3.8) is 0 Å². The second kappa shape index (κ2) is 9.04. The predicted octanol–water partition coefficient (Wildman–Crippen LogP) is 4.76. The lowest BCUT2D eigenvalue weighted by atomic mass is 9.92. The summed E-state index contributed by atoms with van der Waals surface area (Å²) in [7, 11) is 0. The van der Waals surface area contributed by atoms with Crippen LogP contribution < -0.4 is 5.32 Å². The third-order valence-corrected chi connectivity index (χ3v) is 8.55. The van der Waals surface area contributed by atoms with Crippen LogP contribution in [-0.2, 0) is 27.3 Å². The summed E-state index contributed by atoms with van der Waals surface area (Å²) in [4.78, 5) is 35.9. The van der Waals surface area contributed by atoms with Crippen LogP contribution in [0.3, 0.4) is 0 Å². The van der Waals surface area contributed by atoms with Gasteiger partial charge in [-0.25, -0.2) is 18.7 Å². The Balaban J connectivity index is 1.40. The number of nitrogens with zero attached hydrogens (tertiary/aromatic N) is 3. The highest BCUT2D eigenvalue weighted by Crippen LogP contribution is 2.48. The summed E-state index contributed by atoms with van der Waals surface area (Å²) in [6.45, 7) is 5.31. The molecule has 7 nitrogen and oxygen atoms in total. The van der Waals surface area contributed by atoms with Crippen molar-refractivity contribution in [3.8, 4) is 11.3 Å². The van der Waals surface area contributed by atoms with E-state index < -0.39 is 12.0 Å². The van der Waals surface area contributed by atoms with Crippen molar-refractivity contribution in [3.05, 3.63) is 45.6 Å². The van der Waals surface area contributed by atoms with Crippen molar-refractivity contribution < 1.29 is 23.1 Å². The molecule has 2 saturated heterocycles. The van der Waals surface area contributed by atoms with Crippen LogP contribution in [-0.4, -0.2) is 51.5 Å². The van der Waals surface area contributed by atoms with E-state index in [1.165, 1.54) is 28.6 Å². The van der Waals surface area contributed by atoms with E-state index in [1.54, 1.807) is 6.07 Å². The Bertz CT molecular complexity index is 1410. The van der Waals surface area contributed by atoms with Crippen LogP contribution in [0.2, 0.25) is 5.02 Å². The number of carbonyl (C=O) groups excluding carboxylic acids is 2. The van der Waals surface area contributed by atoms with E-state index in [4.69, 9.17) is 16.3 Å².